The first-order valence-corrected chi connectivity index (χ1v) is 5.51. The minimum Gasteiger partial charge on any atom is -0.398 e. The van der Waals surface area contributed by atoms with Crippen LogP contribution in [0.1, 0.15) is 5.56 Å². The molecule has 0 fully saturated rings. The predicted octanol–water partition coefficient (Wildman–Crippen LogP) is 3.18. The van der Waals surface area contributed by atoms with Gasteiger partial charge in [0.15, 0.2) is 0 Å². The number of nitrogen functional groups attached to an aromatic ring is 1. The highest BCUT2D eigenvalue weighted by molar-refractivity contribution is 9.10. The molecule has 0 atom stereocenters. The van der Waals surface area contributed by atoms with Crippen molar-refractivity contribution in [2.45, 2.75) is 6.92 Å². The molecule has 0 radical (unpaired) electrons. The van der Waals surface area contributed by atoms with Crippen molar-refractivity contribution >= 4 is 33.2 Å². The Hall–Kier alpha value is -1.00. The molecule has 0 aliphatic carbocycles. The summed E-state index contributed by atoms with van der Waals surface area (Å²) < 4.78 is 2.60. The Bertz CT molecular complexity index is 507. The van der Waals surface area contributed by atoms with Gasteiger partial charge in [-0.3, -0.25) is 0 Å². The third-order valence-electron chi connectivity index (χ3n) is 2.13. The van der Waals surface area contributed by atoms with E-state index < -0.39 is 0 Å². The van der Waals surface area contributed by atoms with Crippen molar-refractivity contribution in [3.05, 3.63) is 39.6 Å². The van der Waals surface area contributed by atoms with Crippen LogP contribution in [0.5, 0.6) is 0 Å². The van der Waals surface area contributed by atoms with Gasteiger partial charge in [0.2, 0.25) is 0 Å². The number of nitrogens with zero attached hydrogens (tertiary/aromatic N) is 2. The average molecular weight is 287 g/mol. The van der Waals surface area contributed by atoms with Crippen molar-refractivity contribution in [2.24, 2.45) is 0 Å². The zero-order chi connectivity index (χ0) is 11.0. The van der Waals surface area contributed by atoms with E-state index in [0.717, 1.165) is 21.4 Å². The first kappa shape index (κ1) is 10.5. The SMILES string of the molecule is Cc1cc(-n2cc(Cl)cn2)c(Br)cc1N. The summed E-state index contributed by atoms with van der Waals surface area (Å²) >= 11 is 9.25. The van der Waals surface area contributed by atoms with E-state index in [0.29, 0.717) is 5.02 Å². The van der Waals surface area contributed by atoms with E-state index in [-0.39, 0.29) is 0 Å². The average Bonchev–Trinajstić information content (AvgIpc) is 2.58. The van der Waals surface area contributed by atoms with Gasteiger partial charge in [0, 0.05) is 16.4 Å². The van der Waals surface area contributed by atoms with Gasteiger partial charge in [-0.25, -0.2) is 4.68 Å². The maximum Gasteiger partial charge on any atom is 0.0792 e. The molecule has 2 N–H and O–H groups in total. The standard InChI is InChI=1S/C10H9BrClN3/c1-6-2-10(8(11)3-9(6)13)15-5-7(12)4-14-15/h2-5H,13H2,1H3. The largest absolute Gasteiger partial charge is 0.398 e. The quantitative estimate of drug-likeness (QED) is 0.818. The van der Waals surface area contributed by atoms with E-state index in [9.17, 15) is 0 Å². The predicted molar refractivity (Wildman–Crippen MR) is 65.4 cm³/mol. The van der Waals surface area contributed by atoms with Crippen LogP contribution in [0.25, 0.3) is 5.69 Å². The van der Waals surface area contributed by atoms with E-state index in [2.05, 4.69) is 21.0 Å². The molecule has 0 spiro atoms. The van der Waals surface area contributed by atoms with Crippen molar-refractivity contribution in [2.75, 3.05) is 5.73 Å². The minimum absolute atomic E-state index is 0.608. The zero-order valence-corrected chi connectivity index (χ0v) is 10.4. The molecule has 1 aromatic carbocycles. The van der Waals surface area contributed by atoms with Gasteiger partial charge in [-0.05, 0) is 40.5 Å². The van der Waals surface area contributed by atoms with E-state index in [1.807, 2.05) is 19.1 Å². The zero-order valence-electron chi connectivity index (χ0n) is 8.04. The van der Waals surface area contributed by atoms with Crippen LogP contribution in [-0.4, -0.2) is 9.78 Å². The lowest BCUT2D eigenvalue weighted by molar-refractivity contribution is 0.875. The van der Waals surface area contributed by atoms with E-state index in [1.54, 1.807) is 17.1 Å². The van der Waals surface area contributed by atoms with Crippen LogP contribution in [-0.2, 0) is 0 Å². The smallest absolute Gasteiger partial charge is 0.0792 e. The molecule has 3 nitrogen and oxygen atoms in total. The third-order valence-corrected chi connectivity index (χ3v) is 2.96. The molecule has 15 heavy (non-hydrogen) atoms. The summed E-state index contributed by atoms with van der Waals surface area (Å²) in [4.78, 5) is 0. The molecule has 0 saturated carbocycles. The molecule has 2 rings (SSSR count). The van der Waals surface area contributed by atoms with Crippen molar-refractivity contribution in [3.8, 4) is 5.69 Å². The minimum atomic E-state index is 0.608. The summed E-state index contributed by atoms with van der Waals surface area (Å²) in [7, 11) is 0. The Morgan fingerprint density at radius 1 is 1.47 bits per heavy atom. The number of anilines is 1. The molecule has 2 aromatic rings. The Morgan fingerprint density at radius 3 is 2.80 bits per heavy atom. The van der Waals surface area contributed by atoms with Crippen LogP contribution >= 0.6 is 27.5 Å². The molecular formula is C10H9BrClN3. The second kappa shape index (κ2) is 3.87. The van der Waals surface area contributed by atoms with Gasteiger partial charge in [-0.1, -0.05) is 11.6 Å². The van der Waals surface area contributed by atoms with Gasteiger partial charge in [0.1, 0.15) is 0 Å². The highest BCUT2D eigenvalue weighted by atomic mass is 79.9. The molecule has 0 saturated heterocycles. The number of rotatable bonds is 1. The molecule has 1 heterocycles. The van der Waals surface area contributed by atoms with Crippen molar-refractivity contribution in [1.29, 1.82) is 0 Å². The monoisotopic (exact) mass is 285 g/mol. The molecule has 1 aromatic heterocycles. The molecule has 0 bridgehead atoms. The van der Waals surface area contributed by atoms with Gasteiger partial charge < -0.3 is 5.73 Å². The highest BCUT2D eigenvalue weighted by Gasteiger charge is 2.06. The second-order valence-corrected chi connectivity index (χ2v) is 4.55. The summed E-state index contributed by atoms with van der Waals surface area (Å²) in [5.41, 5.74) is 8.48. The van der Waals surface area contributed by atoms with E-state index in [4.69, 9.17) is 17.3 Å². The lowest BCUT2D eigenvalue weighted by Gasteiger charge is -2.08. The van der Waals surface area contributed by atoms with Crippen molar-refractivity contribution < 1.29 is 0 Å². The van der Waals surface area contributed by atoms with Crippen LogP contribution in [0.3, 0.4) is 0 Å². The fraction of sp³-hybridized carbons (Fsp3) is 0.100. The fourth-order valence-electron chi connectivity index (χ4n) is 1.29. The number of aryl methyl sites for hydroxylation is 1. The van der Waals surface area contributed by atoms with E-state index in [1.165, 1.54) is 0 Å². The van der Waals surface area contributed by atoms with Crippen LogP contribution in [0.4, 0.5) is 5.69 Å². The Morgan fingerprint density at radius 2 is 2.20 bits per heavy atom. The molecule has 78 valence electrons. The summed E-state index contributed by atoms with van der Waals surface area (Å²) in [5.74, 6) is 0. The highest BCUT2D eigenvalue weighted by Crippen LogP contribution is 2.26. The maximum atomic E-state index is 5.81. The molecule has 5 heteroatoms. The number of hydrogen-bond acceptors (Lipinski definition) is 2. The van der Waals surface area contributed by atoms with Gasteiger partial charge in [0.05, 0.1) is 16.9 Å². The van der Waals surface area contributed by atoms with Crippen molar-refractivity contribution in [1.82, 2.24) is 9.78 Å². The van der Waals surface area contributed by atoms with Crippen LogP contribution < -0.4 is 5.73 Å². The Balaban J connectivity index is 2.58. The fourth-order valence-corrected chi connectivity index (χ4v) is 1.97. The third kappa shape index (κ3) is 2.01. The Labute approximate surface area is 101 Å². The molecule has 0 unspecified atom stereocenters. The first-order valence-electron chi connectivity index (χ1n) is 4.34. The topological polar surface area (TPSA) is 43.8 Å². The summed E-state index contributed by atoms with van der Waals surface area (Å²) in [5, 5.41) is 4.74. The number of aromatic nitrogens is 2. The van der Waals surface area contributed by atoms with Crippen LogP contribution in [0, 0.1) is 6.92 Å². The Kier molecular flexibility index (Phi) is 2.71. The van der Waals surface area contributed by atoms with Gasteiger partial charge in [0.25, 0.3) is 0 Å². The lowest BCUT2D eigenvalue weighted by Crippen LogP contribution is -1.98. The first-order chi connectivity index (χ1) is 7.08. The maximum absolute atomic E-state index is 5.81. The normalized spacial score (nSPS) is 10.6. The second-order valence-electron chi connectivity index (χ2n) is 3.26. The molecular weight excluding hydrogens is 277 g/mol. The van der Waals surface area contributed by atoms with Gasteiger partial charge in [-0.2, -0.15) is 5.10 Å². The molecule has 0 aliphatic rings. The number of hydrogen-bond donors (Lipinski definition) is 1. The number of halogens is 2. The van der Waals surface area contributed by atoms with Gasteiger partial charge >= 0.3 is 0 Å². The van der Waals surface area contributed by atoms with E-state index >= 15 is 0 Å². The number of nitrogens with two attached hydrogens (primary N) is 1. The summed E-state index contributed by atoms with van der Waals surface area (Å²) in [6, 6.07) is 3.82. The van der Waals surface area contributed by atoms with Crippen molar-refractivity contribution in [3.63, 3.8) is 0 Å². The number of benzene rings is 1. The van der Waals surface area contributed by atoms with Crippen LogP contribution in [0.2, 0.25) is 5.02 Å². The van der Waals surface area contributed by atoms with Gasteiger partial charge in [-0.15, -0.1) is 0 Å². The summed E-state index contributed by atoms with van der Waals surface area (Å²) in [6.45, 7) is 1.95. The molecule has 0 aliphatic heterocycles. The summed E-state index contributed by atoms with van der Waals surface area (Å²) in [6.07, 6.45) is 3.34. The van der Waals surface area contributed by atoms with Crippen LogP contribution in [0.15, 0.2) is 29.0 Å². The molecule has 0 amide bonds. The lowest BCUT2D eigenvalue weighted by atomic mass is 10.2.